The fourth-order valence-electron chi connectivity index (χ4n) is 1.76. The summed E-state index contributed by atoms with van der Waals surface area (Å²) in [4.78, 5) is 1.44. The molecule has 1 rings (SSSR count). The Balaban J connectivity index is 3.80. The first kappa shape index (κ1) is 13.0. The summed E-state index contributed by atoms with van der Waals surface area (Å²) < 4.78 is 0. The lowest BCUT2D eigenvalue weighted by Gasteiger charge is -2.14. The van der Waals surface area contributed by atoms with E-state index in [0.717, 1.165) is 20.9 Å². The second-order valence-corrected chi connectivity index (χ2v) is 4.23. The van der Waals surface area contributed by atoms with Crippen LogP contribution in [0.3, 0.4) is 0 Å². The van der Waals surface area contributed by atoms with Crippen molar-refractivity contribution in [2.45, 2.75) is 36.5 Å². The third kappa shape index (κ3) is 1.91. The maximum atomic E-state index is 9.14. The summed E-state index contributed by atoms with van der Waals surface area (Å²) >= 11 is 8.78. The molecule has 0 unspecified atom stereocenters. The molecule has 0 fully saturated rings. The van der Waals surface area contributed by atoms with Gasteiger partial charge in [0.25, 0.3) is 0 Å². The van der Waals surface area contributed by atoms with Crippen molar-refractivity contribution in [2.75, 3.05) is 0 Å². The van der Waals surface area contributed by atoms with E-state index in [-0.39, 0.29) is 0 Å². The van der Waals surface area contributed by atoms with Crippen LogP contribution in [0.5, 0.6) is 0 Å². The van der Waals surface area contributed by atoms with Crippen LogP contribution in [0.4, 0.5) is 0 Å². The number of benzene rings is 1. The zero-order valence-corrected chi connectivity index (χ0v) is 11.0. The number of thiol groups is 2. The van der Waals surface area contributed by atoms with Crippen molar-refractivity contribution in [3.8, 4) is 12.1 Å². The number of rotatable bonds is 2. The Morgan fingerprint density at radius 1 is 0.875 bits per heavy atom. The van der Waals surface area contributed by atoms with E-state index in [1.807, 2.05) is 13.8 Å². The van der Waals surface area contributed by atoms with E-state index < -0.39 is 0 Å². The predicted molar refractivity (Wildman–Crippen MR) is 69.1 cm³/mol. The lowest BCUT2D eigenvalue weighted by molar-refractivity contribution is 0.965. The highest BCUT2D eigenvalue weighted by molar-refractivity contribution is 7.83. The lowest BCUT2D eigenvalue weighted by Crippen LogP contribution is -2.02. The molecule has 1 aromatic rings. The molecule has 82 valence electrons. The molecule has 0 heterocycles. The van der Waals surface area contributed by atoms with E-state index >= 15 is 0 Å². The van der Waals surface area contributed by atoms with Crippen molar-refractivity contribution < 1.29 is 0 Å². The van der Waals surface area contributed by atoms with Crippen LogP contribution in [-0.2, 0) is 12.8 Å². The van der Waals surface area contributed by atoms with Gasteiger partial charge in [-0.1, -0.05) is 13.8 Å². The Labute approximate surface area is 107 Å². The van der Waals surface area contributed by atoms with Gasteiger partial charge in [0.05, 0.1) is 11.1 Å². The number of nitriles is 2. The molecule has 0 amide bonds. The first-order valence-electron chi connectivity index (χ1n) is 5.02. The number of nitrogens with zero attached hydrogens (tertiary/aromatic N) is 2. The molecule has 2 nitrogen and oxygen atoms in total. The Morgan fingerprint density at radius 2 is 1.19 bits per heavy atom. The molecule has 16 heavy (non-hydrogen) atoms. The minimum atomic E-state index is 0.449. The molecule has 0 saturated carbocycles. The van der Waals surface area contributed by atoms with Gasteiger partial charge in [-0.3, -0.25) is 0 Å². The fraction of sp³-hybridized carbons (Fsp3) is 0.333. The van der Waals surface area contributed by atoms with Gasteiger partial charge in [-0.05, 0) is 24.0 Å². The van der Waals surface area contributed by atoms with Gasteiger partial charge in [-0.2, -0.15) is 10.5 Å². The minimum absolute atomic E-state index is 0.449. The Hall–Kier alpha value is -1.10. The van der Waals surface area contributed by atoms with Crippen molar-refractivity contribution in [3.63, 3.8) is 0 Å². The van der Waals surface area contributed by atoms with Gasteiger partial charge < -0.3 is 0 Å². The number of hydrogen-bond donors (Lipinski definition) is 2. The van der Waals surface area contributed by atoms with Crippen LogP contribution < -0.4 is 0 Å². The Morgan fingerprint density at radius 3 is 1.38 bits per heavy atom. The van der Waals surface area contributed by atoms with Crippen molar-refractivity contribution in [1.29, 1.82) is 10.5 Å². The molecule has 0 aromatic heterocycles. The second-order valence-electron chi connectivity index (χ2n) is 3.34. The lowest BCUT2D eigenvalue weighted by atomic mass is 9.94. The summed E-state index contributed by atoms with van der Waals surface area (Å²) in [5, 5.41) is 18.3. The third-order valence-corrected chi connectivity index (χ3v) is 3.74. The van der Waals surface area contributed by atoms with Gasteiger partial charge in [0.1, 0.15) is 12.1 Å². The molecule has 0 bridgehead atoms. The van der Waals surface area contributed by atoms with Crippen LogP contribution in [0.15, 0.2) is 9.79 Å². The van der Waals surface area contributed by atoms with Crippen molar-refractivity contribution in [3.05, 3.63) is 22.3 Å². The van der Waals surface area contributed by atoms with Crippen LogP contribution in [-0.4, -0.2) is 0 Å². The topological polar surface area (TPSA) is 47.6 Å². The van der Waals surface area contributed by atoms with E-state index in [2.05, 4.69) is 37.4 Å². The largest absolute Gasteiger partial charge is 0.192 e. The van der Waals surface area contributed by atoms with Gasteiger partial charge in [0, 0.05) is 9.79 Å². The van der Waals surface area contributed by atoms with Crippen LogP contribution >= 0.6 is 25.3 Å². The highest BCUT2D eigenvalue weighted by atomic mass is 32.1. The average molecular weight is 248 g/mol. The molecule has 0 aliphatic carbocycles. The van der Waals surface area contributed by atoms with Gasteiger partial charge in [-0.25, -0.2) is 0 Å². The maximum absolute atomic E-state index is 9.14. The predicted octanol–water partition coefficient (Wildman–Crippen LogP) is 3.13. The van der Waals surface area contributed by atoms with E-state index in [1.165, 1.54) is 0 Å². The van der Waals surface area contributed by atoms with Crippen molar-refractivity contribution in [1.82, 2.24) is 0 Å². The van der Waals surface area contributed by atoms with Gasteiger partial charge in [0.15, 0.2) is 0 Å². The highest BCUT2D eigenvalue weighted by Crippen LogP contribution is 2.33. The van der Waals surface area contributed by atoms with Crippen molar-refractivity contribution >= 4 is 25.3 Å². The molecule has 4 heteroatoms. The molecule has 0 atom stereocenters. The van der Waals surface area contributed by atoms with Crippen molar-refractivity contribution in [2.24, 2.45) is 0 Å². The standard InChI is InChI=1S/C12H12N2S2/c1-3-7-9(5-13)10(6-14)8(4-2)12(16)11(7)15/h15-16H,3-4H2,1-2H3. The molecule has 0 radical (unpaired) electrons. The first-order valence-corrected chi connectivity index (χ1v) is 5.91. The normalized spacial score (nSPS) is 9.62. The number of hydrogen-bond acceptors (Lipinski definition) is 4. The zero-order valence-electron chi connectivity index (χ0n) is 9.20. The average Bonchev–Trinajstić information content (AvgIpc) is 2.31. The summed E-state index contributed by atoms with van der Waals surface area (Å²) in [6, 6.07) is 4.21. The molecule has 0 N–H and O–H groups in total. The minimum Gasteiger partial charge on any atom is -0.192 e. The quantitative estimate of drug-likeness (QED) is 0.790. The van der Waals surface area contributed by atoms with E-state index in [4.69, 9.17) is 10.5 Å². The first-order chi connectivity index (χ1) is 7.62. The summed E-state index contributed by atoms with van der Waals surface area (Å²) in [5.74, 6) is 0. The monoisotopic (exact) mass is 248 g/mol. The molecular formula is C12H12N2S2. The Bertz CT molecular complexity index is 460. The van der Waals surface area contributed by atoms with Crippen LogP contribution in [0.2, 0.25) is 0 Å². The van der Waals surface area contributed by atoms with Gasteiger partial charge in [0.2, 0.25) is 0 Å². The van der Waals surface area contributed by atoms with E-state index in [9.17, 15) is 0 Å². The second kappa shape index (κ2) is 5.30. The fourth-order valence-corrected chi connectivity index (χ4v) is 2.57. The van der Waals surface area contributed by atoms with Gasteiger partial charge in [-0.15, -0.1) is 25.3 Å². The third-order valence-electron chi connectivity index (χ3n) is 2.58. The summed E-state index contributed by atoms with van der Waals surface area (Å²) in [7, 11) is 0. The smallest absolute Gasteiger partial charge is 0.101 e. The van der Waals surface area contributed by atoms with E-state index in [0.29, 0.717) is 24.0 Å². The van der Waals surface area contributed by atoms with E-state index in [1.54, 1.807) is 0 Å². The highest BCUT2D eigenvalue weighted by Gasteiger charge is 2.18. The molecule has 0 aliphatic rings. The molecule has 0 aliphatic heterocycles. The molecule has 0 spiro atoms. The van der Waals surface area contributed by atoms with Crippen LogP contribution in [0.1, 0.15) is 36.1 Å². The maximum Gasteiger partial charge on any atom is 0.101 e. The zero-order chi connectivity index (χ0) is 12.3. The summed E-state index contributed by atoms with van der Waals surface area (Å²) in [6.45, 7) is 3.88. The summed E-state index contributed by atoms with van der Waals surface area (Å²) in [6.07, 6.45) is 1.35. The SMILES string of the molecule is CCc1c(S)c(S)c(CC)c(C#N)c1C#N. The summed E-state index contributed by atoms with van der Waals surface area (Å²) in [5.41, 5.74) is 2.52. The molecular weight excluding hydrogens is 236 g/mol. The van der Waals surface area contributed by atoms with Crippen LogP contribution in [0, 0.1) is 22.7 Å². The molecule has 1 aromatic carbocycles. The van der Waals surface area contributed by atoms with Crippen LogP contribution in [0.25, 0.3) is 0 Å². The van der Waals surface area contributed by atoms with Gasteiger partial charge >= 0.3 is 0 Å². The Kier molecular flexibility index (Phi) is 4.29. The molecule has 0 saturated heterocycles.